The first-order valence-electron chi connectivity index (χ1n) is 5.44. The molecule has 17 heavy (non-hydrogen) atoms. The molecule has 2 heterocycles. The molecule has 3 rings (SSSR count). The molecular weight excluding hydrogens is 212 g/mol. The molecule has 0 aliphatic carbocycles. The van der Waals surface area contributed by atoms with Crippen molar-refractivity contribution in [2.24, 2.45) is 0 Å². The zero-order valence-corrected chi connectivity index (χ0v) is 9.24. The van der Waals surface area contributed by atoms with Crippen molar-refractivity contribution in [2.45, 2.75) is 6.54 Å². The predicted molar refractivity (Wildman–Crippen MR) is 67.5 cm³/mol. The van der Waals surface area contributed by atoms with Crippen LogP contribution in [0.3, 0.4) is 0 Å². The number of imidazole rings is 1. The maximum atomic E-state index is 5.84. The minimum atomic E-state index is 0.574. The average molecular weight is 224 g/mol. The first-order valence-corrected chi connectivity index (χ1v) is 5.44. The van der Waals surface area contributed by atoms with E-state index in [4.69, 9.17) is 5.73 Å². The molecule has 0 aliphatic rings. The molecule has 0 aliphatic heterocycles. The lowest BCUT2D eigenvalue weighted by atomic mass is 10.2. The Balaban J connectivity index is 2.03. The SMILES string of the molecule is Nc1ncccc1Cn1cnc2ccccc21. The number of rotatable bonds is 2. The highest BCUT2D eigenvalue weighted by atomic mass is 15.0. The zero-order chi connectivity index (χ0) is 11.7. The van der Waals surface area contributed by atoms with Gasteiger partial charge in [-0.3, -0.25) is 0 Å². The fraction of sp³-hybridized carbons (Fsp3) is 0.0769. The van der Waals surface area contributed by atoms with Gasteiger partial charge in [-0.2, -0.15) is 0 Å². The monoisotopic (exact) mass is 224 g/mol. The summed E-state index contributed by atoms with van der Waals surface area (Å²) in [6.07, 6.45) is 3.53. The molecule has 0 amide bonds. The van der Waals surface area contributed by atoms with Crippen LogP contribution in [0.4, 0.5) is 5.82 Å². The summed E-state index contributed by atoms with van der Waals surface area (Å²) in [5.41, 5.74) is 8.95. The molecule has 0 bridgehead atoms. The van der Waals surface area contributed by atoms with Crippen LogP contribution in [-0.4, -0.2) is 14.5 Å². The largest absolute Gasteiger partial charge is 0.383 e. The Hall–Kier alpha value is -2.36. The van der Waals surface area contributed by atoms with E-state index < -0.39 is 0 Å². The van der Waals surface area contributed by atoms with Gasteiger partial charge < -0.3 is 10.3 Å². The molecule has 0 atom stereocenters. The van der Waals surface area contributed by atoms with E-state index in [-0.39, 0.29) is 0 Å². The van der Waals surface area contributed by atoms with E-state index in [1.165, 1.54) is 0 Å². The Bertz CT molecular complexity index is 657. The van der Waals surface area contributed by atoms with E-state index in [0.717, 1.165) is 16.6 Å². The number of hydrogen-bond acceptors (Lipinski definition) is 3. The van der Waals surface area contributed by atoms with Gasteiger partial charge in [-0.05, 0) is 18.2 Å². The lowest BCUT2D eigenvalue weighted by Crippen LogP contribution is -2.03. The molecule has 0 fully saturated rings. The summed E-state index contributed by atoms with van der Waals surface area (Å²) in [5, 5.41) is 0. The normalized spacial score (nSPS) is 10.8. The van der Waals surface area contributed by atoms with Gasteiger partial charge in [-0.1, -0.05) is 18.2 Å². The second-order valence-corrected chi connectivity index (χ2v) is 3.91. The van der Waals surface area contributed by atoms with Gasteiger partial charge in [0.05, 0.1) is 23.9 Å². The number of pyridine rings is 1. The molecule has 0 unspecified atom stereocenters. The van der Waals surface area contributed by atoms with Crippen LogP contribution in [0.25, 0.3) is 11.0 Å². The zero-order valence-electron chi connectivity index (χ0n) is 9.24. The number of nitrogens with two attached hydrogens (primary N) is 1. The minimum Gasteiger partial charge on any atom is -0.383 e. The van der Waals surface area contributed by atoms with Crippen molar-refractivity contribution >= 4 is 16.9 Å². The summed E-state index contributed by atoms with van der Waals surface area (Å²) in [6.45, 7) is 0.695. The molecule has 0 saturated heterocycles. The Labute approximate surface area is 98.7 Å². The number of anilines is 1. The second-order valence-electron chi connectivity index (χ2n) is 3.91. The number of aromatic nitrogens is 3. The van der Waals surface area contributed by atoms with Crippen molar-refractivity contribution in [1.29, 1.82) is 0 Å². The molecule has 2 aromatic heterocycles. The van der Waals surface area contributed by atoms with E-state index in [2.05, 4.69) is 20.6 Å². The maximum Gasteiger partial charge on any atom is 0.128 e. The van der Waals surface area contributed by atoms with Gasteiger partial charge in [0.25, 0.3) is 0 Å². The fourth-order valence-corrected chi connectivity index (χ4v) is 1.90. The Morgan fingerprint density at radius 2 is 1.94 bits per heavy atom. The van der Waals surface area contributed by atoms with Crippen LogP contribution in [0, 0.1) is 0 Å². The third-order valence-electron chi connectivity index (χ3n) is 2.79. The molecule has 2 N–H and O–H groups in total. The second kappa shape index (κ2) is 3.90. The summed E-state index contributed by atoms with van der Waals surface area (Å²) in [7, 11) is 0. The van der Waals surface area contributed by atoms with Gasteiger partial charge in [-0.25, -0.2) is 9.97 Å². The van der Waals surface area contributed by atoms with Crippen LogP contribution in [0.1, 0.15) is 5.56 Å². The highest BCUT2D eigenvalue weighted by Crippen LogP contribution is 2.15. The summed E-state index contributed by atoms with van der Waals surface area (Å²) in [4.78, 5) is 8.43. The first-order chi connectivity index (χ1) is 8.34. The Morgan fingerprint density at radius 3 is 2.82 bits per heavy atom. The van der Waals surface area contributed by atoms with Gasteiger partial charge in [0.15, 0.2) is 0 Å². The number of para-hydroxylation sites is 2. The molecule has 3 aromatic rings. The molecular formula is C13H12N4. The van der Waals surface area contributed by atoms with Crippen molar-refractivity contribution in [3.05, 3.63) is 54.5 Å². The lowest BCUT2D eigenvalue weighted by molar-refractivity contribution is 0.823. The van der Waals surface area contributed by atoms with Crippen LogP contribution in [0.2, 0.25) is 0 Å². The van der Waals surface area contributed by atoms with Gasteiger partial charge in [0.2, 0.25) is 0 Å². The number of hydrogen-bond donors (Lipinski definition) is 1. The minimum absolute atomic E-state index is 0.574. The topological polar surface area (TPSA) is 56.7 Å². The Morgan fingerprint density at radius 1 is 1.06 bits per heavy atom. The van der Waals surface area contributed by atoms with Crippen LogP contribution >= 0.6 is 0 Å². The summed E-state index contributed by atoms with van der Waals surface area (Å²) in [6, 6.07) is 11.9. The molecule has 4 heteroatoms. The summed E-state index contributed by atoms with van der Waals surface area (Å²) < 4.78 is 2.07. The van der Waals surface area contributed by atoms with Crippen molar-refractivity contribution in [2.75, 3.05) is 5.73 Å². The molecule has 4 nitrogen and oxygen atoms in total. The molecule has 0 radical (unpaired) electrons. The van der Waals surface area contributed by atoms with E-state index in [9.17, 15) is 0 Å². The quantitative estimate of drug-likeness (QED) is 0.724. The average Bonchev–Trinajstić information content (AvgIpc) is 2.76. The lowest BCUT2D eigenvalue weighted by Gasteiger charge is -2.06. The number of benzene rings is 1. The van der Waals surface area contributed by atoms with E-state index in [1.807, 2.05) is 36.7 Å². The predicted octanol–water partition coefficient (Wildman–Crippen LogP) is 2.06. The molecule has 0 spiro atoms. The first kappa shape index (κ1) is 9.84. The summed E-state index contributed by atoms with van der Waals surface area (Å²) in [5.74, 6) is 0.574. The van der Waals surface area contributed by atoms with Crippen molar-refractivity contribution in [3.8, 4) is 0 Å². The van der Waals surface area contributed by atoms with Crippen LogP contribution < -0.4 is 5.73 Å². The number of nitrogen functional groups attached to an aromatic ring is 1. The van der Waals surface area contributed by atoms with Crippen molar-refractivity contribution in [3.63, 3.8) is 0 Å². The van der Waals surface area contributed by atoms with Crippen molar-refractivity contribution < 1.29 is 0 Å². The third-order valence-corrected chi connectivity index (χ3v) is 2.79. The third kappa shape index (κ3) is 1.73. The van der Waals surface area contributed by atoms with Crippen LogP contribution in [-0.2, 0) is 6.54 Å². The number of nitrogens with zero attached hydrogens (tertiary/aromatic N) is 3. The maximum absolute atomic E-state index is 5.84. The number of fused-ring (bicyclic) bond motifs is 1. The molecule has 84 valence electrons. The van der Waals surface area contributed by atoms with Crippen LogP contribution in [0.15, 0.2) is 48.9 Å². The molecule has 1 aromatic carbocycles. The van der Waals surface area contributed by atoms with Gasteiger partial charge >= 0.3 is 0 Å². The fourth-order valence-electron chi connectivity index (χ4n) is 1.90. The van der Waals surface area contributed by atoms with E-state index >= 15 is 0 Å². The summed E-state index contributed by atoms with van der Waals surface area (Å²) >= 11 is 0. The van der Waals surface area contributed by atoms with Crippen LogP contribution in [0.5, 0.6) is 0 Å². The Kier molecular flexibility index (Phi) is 2.26. The van der Waals surface area contributed by atoms with Gasteiger partial charge in [0.1, 0.15) is 5.82 Å². The van der Waals surface area contributed by atoms with E-state index in [0.29, 0.717) is 12.4 Å². The smallest absolute Gasteiger partial charge is 0.128 e. The van der Waals surface area contributed by atoms with Gasteiger partial charge in [-0.15, -0.1) is 0 Å². The molecule has 0 saturated carbocycles. The standard InChI is InChI=1S/C13H12N4/c14-13-10(4-3-7-15-13)8-17-9-16-11-5-1-2-6-12(11)17/h1-7,9H,8H2,(H2,14,15). The highest BCUT2D eigenvalue weighted by Gasteiger charge is 2.04. The van der Waals surface area contributed by atoms with Crippen molar-refractivity contribution in [1.82, 2.24) is 14.5 Å². The van der Waals surface area contributed by atoms with Gasteiger partial charge in [0, 0.05) is 11.8 Å². The van der Waals surface area contributed by atoms with E-state index in [1.54, 1.807) is 6.20 Å². The highest BCUT2D eigenvalue weighted by molar-refractivity contribution is 5.75.